The minimum Gasteiger partial charge on any atom is -0.466 e. The van der Waals surface area contributed by atoms with Gasteiger partial charge in [-0.1, -0.05) is 25.8 Å². The predicted molar refractivity (Wildman–Crippen MR) is 90.1 cm³/mol. The molecule has 24 heavy (non-hydrogen) atoms. The number of ether oxygens (including phenoxy) is 1. The van der Waals surface area contributed by atoms with E-state index in [0.717, 1.165) is 25.7 Å². The van der Waals surface area contributed by atoms with E-state index in [1.54, 1.807) is 17.9 Å². The number of halogens is 1. The summed E-state index contributed by atoms with van der Waals surface area (Å²) in [5.41, 5.74) is 0.330. The molecule has 1 fully saturated rings. The SMILES string of the molecule is CCOC(=O)CCN(C(=O)c1cccc(F)c1)C1CCCCC1C. The van der Waals surface area contributed by atoms with Crippen molar-refractivity contribution in [2.75, 3.05) is 13.2 Å². The van der Waals surface area contributed by atoms with Crippen LogP contribution in [0.25, 0.3) is 0 Å². The van der Waals surface area contributed by atoms with Crippen molar-refractivity contribution >= 4 is 11.9 Å². The van der Waals surface area contributed by atoms with Gasteiger partial charge in [-0.15, -0.1) is 0 Å². The van der Waals surface area contributed by atoms with Gasteiger partial charge >= 0.3 is 5.97 Å². The first-order valence-corrected chi connectivity index (χ1v) is 8.75. The van der Waals surface area contributed by atoms with E-state index in [0.29, 0.717) is 24.6 Å². The Balaban J connectivity index is 2.17. The molecule has 1 aliphatic carbocycles. The molecule has 2 rings (SSSR count). The average Bonchev–Trinajstić information content (AvgIpc) is 2.56. The molecule has 0 saturated heterocycles. The molecule has 0 aliphatic heterocycles. The topological polar surface area (TPSA) is 46.6 Å². The number of benzene rings is 1. The van der Waals surface area contributed by atoms with E-state index in [4.69, 9.17) is 4.74 Å². The molecule has 5 heteroatoms. The van der Waals surface area contributed by atoms with E-state index in [2.05, 4.69) is 6.92 Å². The second-order valence-electron chi connectivity index (χ2n) is 6.39. The Morgan fingerprint density at radius 1 is 1.29 bits per heavy atom. The van der Waals surface area contributed by atoms with Gasteiger partial charge in [0.1, 0.15) is 5.82 Å². The average molecular weight is 335 g/mol. The largest absolute Gasteiger partial charge is 0.466 e. The Morgan fingerprint density at radius 2 is 2.04 bits per heavy atom. The summed E-state index contributed by atoms with van der Waals surface area (Å²) < 4.78 is 18.5. The van der Waals surface area contributed by atoms with Gasteiger partial charge in [0.15, 0.2) is 0 Å². The van der Waals surface area contributed by atoms with Gasteiger partial charge in [-0.2, -0.15) is 0 Å². The molecular weight excluding hydrogens is 309 g/mol. The van der Waals surface area contributed by atoms with E-state index in [1.165, 1.54) is 18.2 Å². The van der Waals surface area contributed by atoms with Crippen LogP contribution in [0.3, 0.4) is 0 Å². The molecule has 4 nitrogen and oxygen atoms in total. The molecule has 1 aliphatic rings. The van der Waals surface area contributed by atoms with Crippen LogP contribution in [0.15, 0.2) is 24.3 Å². The fraction of sp³-hybridized carbons (Fsp3) is 0.579. The van der Waals surface area contributed by atoms with Gasteiger partial charge in [0.25, 0.3) is 5.91 Å². The number of carbonyl (C=O) groups excluding carboxylic acids is 2. The summed E-state index contributed by atoms with van der Waals surface area (Å²) in [6, 6.07) is 5.83. The first-order valence-electron chi connectivity index (χ1n) is 8.75. The molecular formula is C19H26FNO3. The van der Waals surface area contributed by atoms with Gasteiger partial charge in [0.2, 0.25) is 0 Å². The molecule has 0 heterocycles. The highest BCUT2D eigenvalue weighted by atomic mass is 19.1. The number of hydrogen-bond donors (Lipinski definition) is 0. The van der Waals surface area contributed by atoms with E-state index >= 15 is 0 Å². The second-order valence-corrected chi connectivity index (χ2v) is 6.39. The molecule has 2 unspecified atom stereocenters. The van der Waals surface area contributed by atoms with Crippen LogP contribution in [-0.2, 0) is 9.53 Å². The van der Waals surface area contributed by atoms with Crippen molar-refractivity contribution in [3.8, 4) is 0 Å². The first kappa shape index (κ1) is 18.4. The summed E-state index contributed by atoms with van der Waals surface area (Å²) in [5, 5.41) is 0. The van der Waals surface area contributed by atoms with Crippen molar-refractivity contribution in [3.05, 3.63) is 35.6 Å². The monoisotopic (exact) mass is 335 g/mol. The van der Waals surface area contributed by atoms with Gasteiger partial charge in [-0.3, -0.25) is 9.59 Å². The molecule has 0 radical (unpaired) electrons. The summed E-state index contributed by atoms with van der Waals surface area (Å²) in [4.78, 5) is 26.4. The van der Waals surface area contributed by atoms with Crippen molar-refractivity contribution in [2.24, 2.45) is 5.92 Å². The van der Waals surface area contributed by atoms with Crippen LogP contribution in [0.4, 0.5) is 4.39 Å². The molecule has 0 N–H and O–H groups in total. The lowest BCUT2D eigenvalue weighted by Gasteiger charge is -2.38. The standard InChI is InChI=1S/C19H26FNO3/c1-3-24-18(22)11-12-21(17-10-5-4-7-14(17)2)19(23)15-8-6-9-16(20)13-15/h6,8-9,13-14,17H,3-5,7,10-12H2,1-2H3. The highest BCUT2D eigenvalue weighted by Gasteiger charge is 2.31. The normalized spacial score (nSPS) is 20.5. The van der Waals surface area contributed by atoms with E-state index in [-0.39, 0.29) is 24.3 Å². The van der Waals surface area contributed by atoms with Crippen molar-refractivity contribution in [1.82, 2.24) is 4.90 Å². The summed E-state index contributed by atoms with van der Waals surface area (Å²) in [6.45, 7) is 4.54. The third kappa shape index (κ3) is 4.79. The maximum atomic E-state index is 13.5. The third-order valence-electron chi connectivity index (χ3n) is 4.66. The van der Waals surface area contributed by atoms with Crippen molar-refractivity contribution in [2.45, 2.75) is 52.0 Å². The highest BCUT2D eigenvalue weighted by molar-refractivity contribution is 5.94. The summed E-state index contributed by atoms with van der Waals surface area (Å²) in [5.74, 6) is -0.572. The van der Waals surface area contributed by atoms with Crippen LogP contribution in [0.2, 0.25) is 0 Å². The zero-order valence-corrected chi connectivity index (χ0v) is 14.5. The lowest BCUT2D eigenvalue weighted by molar-refractivity contribution is -0.143. The number of carbonyl (C=O) groups is 2. The summed E-state index contributed by atoms with van der Waals surface area (Å²) in [7, 11) is 0. The molecule has 132 valence electrons. The highest BCUT2D eigenvalue weighted by Crippen LogP contribution is 2.29. The Morgan fingerprint density at radius 3 is 2.71 bits per heavy atom. The van der Waals surface area contributed by atoms with Crippen LogP contribution in [-0.4, -0.2) is 36.0 Å². The lowest BCUT2D eigenvalue weighted by atomic mass is 9.84. The molecule has 1 aromatic rings. The second kappa shape index (κ2) is 8.81. The molecule has 1 amide bonds. The molecule has 2 atom stereocenters. The number of hydrogen-bond acceptors (Lipinski definition) is 3. The Kier molecular flexibility index (Phi) is 6.76. The maximum Gasteiger partial charge on any atom is 0.307 e. The van der Waals surface area contributed by atoms with Crippen molar-refractivity contribution < 1.29 is 18.7 Å². The minimum absolute atomic E-state index is 0.0870. The van der Waals surface area contributed by atoms with Gasteiger partial charge in [0.05, 0.1) is 13.0 Å². The van der Waals surface area contributed by atoms with Gasteiger partial charge in [-0.25, -0.2) is 4.39 Å². The zero-order valence-electron chi connectivity index (χ0n) is 14.5. The number of esters is 1. The van der Waals surface area contributed by atoms with E-state index in [1.807, 2.05) is 0 Å². The maximum absolute atomic E-state index is 13.5. The molecule has 0 aromatic heterocycles. The number of nitrogens with zero attached hydrogens (tertiary/aromatic N) is 1. The summed E-state index contributed by atoms with van der Waals surface area (Å²) in [6.07, 6.45) is 4.39. The third-order valence-corrected chi connectivity index (χ3v) is 4.66. The van der Waals surface area contributed by atoms with E-state index in [9.17, 15) is 14.0 Å². The number of rotatable bonds is 6. The van der Waals surface area contributed by atoms with Crippen LogP contribution < -0.4 is 0 Å². The minimum atomic E-state index is -0.428. The quantitative estimate of drug-likeness (QED) is 0.743. The Hall–Kier alpha value is -1.91. The Labute approximate surface area is 143 Å². The van der Waals surface area contributed by atoms with Crippen molar-refractivity contribution in [3.63, 3.8) is 0 Å². The first-order chi connectivity index (χ1) is 11.5. The Bertz CT molecular complexity index is 575. The molecule has 0 spiro atoms. The van der Waals surface area contributed by atoms with Gasteiger partial charge < -0.3 is 9.64 Å². The molecule has 0 bridgehead atoms. The van der Waals surface area contributed by atoms with Crippen LogP contribution >= 0.6 is 0 Å². The smallest absolute Gasteiger partial charge is 0.307 e. The zero-order chi connectivity index (χ0) is 17.5. The van der Waals surface area contributed by atoms with E-state index < -0.39 is 5.82 Å². The predicted octanol–water partition coefficient (Wildman–Crippen LogP) is 3.80. The van der Waals surface area contributed by atoms with Crippen LogP contribution in [0.1, 0.15) is 56.3 Å². The fourth-order valence-corrected chi connectivity index (χ4v) is 3.41. The van der Waals surface area contributed by atoms with Gasteiger partial charge in [-0.05, 0) is 43.9 Å². The molecule has 1 aromatic carbocycles. The summed E-state index contributed by atoms with van der Waals surface area (Å²) >= 11 is 0. The molecule has 1 saturated carbocycles. The van der Waals surface area contributed by atoms with Gasteiger partial charge in [0, 0.05) is 18.2 Å². The van der Waals surface area contributed by atoms with Crippen LogP contribution in [0, 0.1) is 11.7 Å². The number of amides is 1. The fourth-order valence-electron chi connectivity index (χ4n) is 3.41. The lowest BCUT2D eigenvalue weighted by Crippen LogP contribution is -2.46. The van der Waals surface area contributed by atoms with Crippen LogP contribution in [0.5, 0.6) is 0 Å². The van der Waals surface area contributed by atoms with Crippen molar-refractivity contribution in [1.29, 1.82) is 0 Å².